The third kappa shape index (κ3) is 6.72. The number of hydrogen-bond donors (Lipinski definition) is 1. The van der Waals surface area contributed by atoms with Gasteiger partial charge in [0.25, 0.3) is 5.16 Å². The van der Waals surface area contributed by atoms with E-state index in [1.165, 1.54) is 0 Å². The van der Waals surface area contributed by atoms with E-state index in [2.05, 4.69) is 10.2 Å². The predicted octanol–water partition coefficient (Wildman–Crippen LogP) is 5.58. The van der Waals surface area contributed by atoms with Crippen LogP contribution in [0.4, 0.5) is 0 Å². The van der Waals surface area contributed by atoms with Crippen LogP contribution in [0.25, 0.3) is 11.8 Å². The maximum absolute atomic E-state index is 13.5. The number of sulfone groups is 1. The van der Waals surface area contributed by atoms with E-state index in [1.54, 1.807) is 41.0 Å². The van der Waals surface area contributed by atoms with Crippen molar-refractivity contribution < 1.29 is 13.2 Å². The molecule has 0 saturated heterocycles. The van der Waals surface area contributed by atoms with Crippen LogP contribution in [0.3, 0.4) is 0 Å². The van der Waals surface area contributed by atoms with Gasteiger partial charge in [0.15, 0.2) is 5.82 Å². The minimum Gasteiger partial charge on any atom is -0.489 e. The lowest BCUT2D eigenvalue weighted by Gasteiger charge is -2.16. The molecule has 0 aliphatic rings. The standard InChI is InChI=1S/C32H30N4O3S/c33-30(23-26-13-6-2-7-14-26)31-34-35-32(40(37,38)22-10-17-25-11-4-1-5-12-25)36(31)28-18-20-29(21-19-28)39-24-27-15-8-3-9-16-27/h1-21,30H,22-24,33H2/t30-/m0/s1. The van der Waals surface area contributed by atoms with Crippen molar-refractivity contribution in [1.82, 2.24) is 14.8 Å². The Bertz CT molecular complexity index is 1650. The van der Waals surface area contributed by atoms with Crippen molar-refractivity contribution in [1.29, 1.82) is 0 Å². The highest BCUT2D eigenvalue weighted by Gasteiger charge is 2.27. The van der Waals surface area contributed by atoms with Gasteiger partial charge in [0.1, 0.15) is 12.4 Å². The van der Waals surface area contributed by atoms with Crippen molar-refractivity contribution in [2.24, 2.45) is 5.73 Å². The van der Waals surface area contributed by atoms with Crippen LogP contribution in [0.5, 0.6) is 5.75 Å². The first kappa shape index (κ1) is 27.1. The fraction of sp³-hybridized carbons (Fsp3) is 0.125. The zero-order valence-electron chi connectivity index (χ0n) is 21.9. The van der Waals surface area contributed by atoms with Gasteiger partial charge in [-0.25, -0.2) is 8.42 Å². The van der Waals surface area contributed by atoms with E-state index in [1.807, 2.05) is 91.0 Å². The fourth-order valence-electron chi connectivity index (χ4n) is 4.31. The molecule has 0 aliphatic heterocycles. The molecule has 0 unspecified atom stereocenters. The molecule has 0 saturated carbocycles. The number of hydrogen-bond acceptors (Lipinski definition) is 6. The predicted molar refractivity (Wildman–Crippen MR) is 157 cm³/mol. The van der Waals surface area contributed by atoms with Crippen LogP contribution in [0, 0.1) is 0 Å². The summed E-state index contributed by atoms with van der Waals surface area (Å²) in [5.41, 5.74) is 10.2. The van der Waals surface area contributed by atoms with Gasteiger partial charge >= 0.3 is 0 Å². The molecule has 0 fully saturated rings. The van der Waals surface area contributed by atoms with Crippen molar-refractivity contribution in [2.45, 2.75) is 24.2 Å². The van der Waals surface area contributed by atoms with Crippen molar-refractivity contribution in [3.8, 4) is 11.4 Å². The Hall–Kier alpha value is -4.53. The summed E-state index contributed by atoms with van der Waals surface area (Å²) in [4.78, 5) is 0. The SMILES string of the molecule is N[C@@H](Cc1ccccc1)c1nnc(S(=O)(=O)CC=Cc2ccccc2)n1-c1ccc(OCc2ccccc2)cc1. The van der Waals surface area contributed by atoms with Gasteiger partial charge in [-0.05, 0) is 47.4 Å². The second-order valence-electron chi connectivity index (χ2n) is 9.34. The van der Waals surface area contributed by atoms with Crippen LogP contribution in [-0.4, -0.2) is 28.9 Å². The van der Waals surface area contributed by atoms with Crippen LogP contribution in [0.15, 0.2) is 126 Å². The smallest absolute Gasteiger partial charge is 0.254 e. The topological polar surface area (TPSA) is 100 Å². The Morgan fingerprint density at radius 3 is 2.02 bits per heavy atom. The first-order valence-corrected chi connectivity index (χ1v) is 14.6. The Labute approximate surface area is 234 Å². The quantitative estimate of drug-likeness (QED) is 0.231. The fourth-order valence-corrected chi connectivity index (χ4v) is 5.45. The van der Waals surface area contributed by atoms with E-state index in [0.29, 0.717) is 30.3 Å². The van der Waals surface area contributed by atoms with Gasteiger partial charge in [0.05, 0.1) is 11.8 Å². The van der Waals surface area contributed by atoms with E-state index in [0.717, 1.165) is 16.7 Å². The molecule has 2 N–H and O–H groups in total. The van der Waals surface area contributed by atoms with Crippen LogP contribution in [0.1, 0.15) is 28.6 Å². The van der Waals surface area contributed by atoms with E-state index >= 15 is 0 Å². The Kier molecular flexibility index (Phi) is 8.49. The average Bonchev–Trinajstić information content (AvgIpc) is 3.45. The number of nitrogens with zero attached hydrogens (tertiary/aromatic N) is 3. The molecule has 1 atom stereocenters. The van der Waals surface area contributed by atoms with Gasteiger partial charge < -0.3 is 10.5 Å². The second kappa shape index (κ2) is 12.5. The zero-order valence-corrected chi connectivity index (χ0v) is 22.7. The second-order valence-corrected chi connectivity index (χ2v) is 11.3. The zero-order chi connectivity index (χ0) is 27.8. The first-order chi connectivity index (χ1) is 19.5. The number of benzene rings is 4. The molecule has 0 radical (unpaired) electrons. The highest BCUT2D eigenvalue weighted by Crippen LogP contribution is 2.25. The molecule has 7 nitrogen and oxygen atoms in total. The molecule has 0 amide bonds. The summed E-state index contributed by atoms with van der Waals surface area (Å²) < 4.78 is 34.5. The summed E-state index contributed by atoms with van der Waals surface area (Å²) in [6.07, 6.45) is 3.87. The molecule has 8 heteroatoms. The van der Waals surface area contributed by atoms with Crippen LogP contribution in [-0.2, 0) is 22.9 Å². The summed E-state index contributed by atoms with van der Waals surface area (Å²) in [7, 11) is -3.84. The lowest BCUT2D eigenvalue weighted by atomic mass is 10.1. The summed E-state index contributed by atoms with van der Waals surface area (Å²) in [5, 5.41) is 8.25. The summed E-state index contributed by atoms with van der Waals surface area (Å²) in [6.45, 7) is 0.424. The van der Waals surface area contributed by atoms with Crippen molar-refractivity contribution in [3.63, 3.8) is 0 Å². The van der Waals surface area contributed by atoms with Gasteiger partial charge in [-0.2, -0.15) is 0 Å². The molecule has 5 aromatic rings. The summed E-state index contributed by atoms with van der Waals surface area (Å²) in [6, 6.07) is 35.8. The van der Waals surface area contributed by atoms with Crippen LogP contribution in [0.2, 0.25) is 0 Å². The molecule has 4 aromatic carbocycles. The maximum Gasteiger partial charge on any atom is 0.254 e. The molecular weight excluding hydrogens is 520 g/mol. The molecule has 5 rings (SSSR count). The average molecular weight is 551 g/mol. The third-order valence-corrected chi connectivity index (χ3v) is 7.79. The van der Waals surface area contributed by atoms with Gasteiger partial charge in [-0.3, -0.25) is 4.57 Å². The van der Waals surface area contributed by atoms with E-state index in [4.69, 9.17) is 10.5 Å². The van der Waals surface area contributed by atoms with Gasteiger partial charge in [-0.15, -0.1) is 10.2 Å². The Morgan fingerprint density at radius 2 is 1.38 bits per heavy atom. The Morgan fingerprint density at radius 1 is 0.775 bits per heavy atom. The van der Waals surface area contributed by atoms with E-state index in [9.17, 15) is 8.42 Å². The van der Waals surface area contributed by atoms with Crippen molar-refractivity contribution >= 4 is 15.9 Å². The number of nitrogens with two attached hydrogens (primary N) is 1. The lowest BCUT2D eigenvalue weighted by molar-refractivity contribution is 0.306. The summed E-state index contributed by atoms with van der Waals surface area (Å²) >= 11 is 0. The monoisotopic (exact) mass is 550 g/mol. The largest absolute Gasteiger partial charge is 0.489 e. The molecule has 1 aromatic heterocycles. The Balaban J connectivity index is 1.44. The van der Waals surface area contributed by atoms with Gasteiger partial charge in [-0.1, -0.05) is 103 Å². The summed E-state index contributed by atoms with van der Waals surface area (Å²) in [5.74, 6) is 0.796. The minimum atomic E-state index is -3.84. The number of ether oxygens (including phenoxy) is 1. The normalized spacial score (nSPS) is 12.4. The number of rotatable bonds is 11. The highest BCUT2D eigenvalue weighted by atomic mass is 32.2. The molecular formula is C32H30N4O3S. The maximum atomic E-state index is 13.5. The number of aromatic nitrogens is 3. The lowest BCUT2D eigenvalue weighted by Crippen LogP contribution is -2.20. The molecule has 40 heavy (non-hydrogen) atoms. The van der Waals surface area contributed by atoms with Crippen molar-refractivity contribution in [2.75, 3.05) is 5.75 Å². The third-order valence-electron chi connectivity index (χ3n) is 6.34. The van der Waals surface area contributed by atoms with E-state index < -0.39 is 15.9 Å². The van der Waals surface area contributed by atoms with Gasteiger partial charge in [0, 0.05) is 5.69 Å². The van der Waals surface area contributed by atoms with E-state index in [-0.39, 0.29) is 10.9 Å². The van der Waals surface area contributed by atoms with Crippen LogP contribution < -0.4 is 10.5 Å². The first-order valence-electron chi connectivity index (χ1n) is 13.0. The minimum absolute atomic E-state index is 0.151. The molecule has 0 aliphatic carbocycles. The van der Waals surface area contributed by atoms with Crippen molar-refractivity contribution in [3.05, 3.63) is 144 Å². The molecule has 0 spiro atoms. The van der Waals surface area contributed by atoms with Crippen LogP contribution >= 0.6 is 0 Å². The molecule has 202 valence electrons. The highest BCUT2D eigenvalue weighted by molar-refractivity contribution is 7.91. The molecule has 1 heterocycles. The molecule has 0 bridgehead atoms. The van der Waals surface area contributed by atoms with Gasteiger partial charge in [0.2, 0.25) is 9.84 Å².